The Morgan fingerprint density at radius 2 is 1.52 bits per heavy atom. The highest BCUT2D eigenvalue weighted by atomic mass is 16.6. The molecule has 4 rings (SSSR count). The van der Waals surface area contributed by atoms with Gasteiger partial charge < -0.3 is 18.9 Å². The van der Waals surface area contributed by atoms with Crippen LogP contribution in [0.4, 0.5) is 0 Å². The maximum absolute atomic E-state index is 12.2. The third-order valence-corrected chi connectivity index (χ3v) is 4.24. The molecule has 1 unspecified atom stereocenters. The van der Waals surface area contributed by atoms with E-state index in [1.165, 1.54) is 0 Å². The molecule has 150 valence electrons. The topological polar surface area (TPSA) is 54.0 Å². The van der Waals surface area contributed by atoms with Crippen molar-refractivity contribution >= 4 is 5.97 Å². The minimum absolute atomic E-state index is 0.226. The molecule has 5 nitrogen and oxygen atoms in total. The Labute approximate surface area is 170 Å². The van der Waals surface area contributed by atoms with E-state index in [2.05, 4.69) is 0 Å². The van der Waals surface area contributed by atoms with Gasteiger partial charge in [-0.15, -0.1) is 0 Å². The van der Waals surface area contributed by atoms with Crippen molar-refractivity contribution in [1.82, 2.24) is 0 Å². The number of methoxy groups -OCH3 is 1. The normalized spacial score (nSPS) is 15.6. The zero-order valence-electron chi connectivity index (χ0n) is 16.3. The highest BCUT2D eigenvalue weighted by Crippen LogP contribution is 2.31. The van der Waals surface area contributed by atoms with E-state index in [4.69, 9.17) is 18.9 Å². The lowest BCUT2D eigenvalue weighted by Gasteiger charge is -2.21. The summed E-state index contributed by atoms with van der Waals surface area (Å²) in [4.78, 5) is 12.2. The maximum Gasteiger partial charge on any atom is 0.343 e. The van der Waals surface area contributed by atoms with Gasteiger partial charge in [-0.05, 0) is 23.8 Å². The van der Waals surface area contributed by atoms with Crippen molar-refractivity contribution in [2.75, 3.05) is 26.9 Å². The van der Waals surface area contributed by atoms with Gasteiger partial charge in [0.15, 0.2) is 6.10 Å². The Morgan fingerprint density at radius 1 is 0.862 bits per heavy atom. The van der Waals surface area contributed by atoms with Crippen LogP contribution in [0.3, 0.4) is 0 Å². The summed E-state index contributed by atoms with van der Waals surface area (Å²) < 4.78 is 21.3. The van der Waals surface area contributed by atoms with E-state index in [1.54, 1.807) is 13.2 Å². The Bertz CT molecular complexity index is 845. The number of rotatable bonds is 4. The summed E-state index contributed by atoms with van der Waals surface area (Å²) in [6, 6.07) is 27.0. The summed E-state index contributed by atoms with van der Waals surface area (Å²) >= 11 is 0. The molecule has 0 radical (unpaired) electrons. The molecule has 0 N–H and O–H groups in total. The molecule has 3 aromatic rings. The fourth-order valence-electron chi connectivity index (χ4n) is 2.75. The van der Waals surface area contributed by atoms with E-state index >= 15 is 0 Å². The van der Waals surface area contributed by atoms with Crippen LogP contribution in [0, 0.1) is 0 Å². The summed E-state index contributed by atoms with van der Waals surface area (Å²) in [5, 5.41) is 0. The average Bonchev–Trinajstić information content (AvgIpc) is 2.82. The third kappa shape index (κ3) is 6.17. The Morgan fingerprint density at radius 3 is 2.10 bits per heavy atom. The molecular formula is C24H24O5. The summed E-state index contributed by atoms with van der Waals surface area (Å²) in [6.45, 7) is 1.13. The summed E-state index contributed by atoms with van der Waals surface area (Å²) in [6.07, 6.45) is -0.673. The number of esters is 1. The second kappa shape index (κ2) is 11.0. The molecule has 1 aliphatic heterocycles. The van der Waals surface area contributed by atoms with Crippen molar-refractivity contribution in [3.63, 3.8) is 0 Å². The number of ether oxygens (including phenoxy) is 4. The van der Waals surface area contributed by atoms with Gasteiger partial charge in [-0.2, -0.15) is 0 Å². The van der Waals surface area contributed by atoms with Crippen LogP contribution in [0.25, 0.3) is 11.1 Å². The highest BCUT2D eigenvalue weighted by molar-refractivity contribution is 5.81. The van der Waals surface area contributed by atoms with Gasteiger partial charge >= 0.3 is 5.97 Å². The van der Waals surface area contributed by atoms with E-state index in [9.17, 15) is 4.79 Å². The molecule has 1 heterocycles. The predicted octanol–water partition coefficient (Wildman–Crippen LogP) is 4.37. The average molecular weight is 392 g/mol. The summed E-state index contributed by atoms with van der Waals surface area (Å²) in [7, 11) is 1.62. The van der Waals surface area contributed by atoms with Crippen LogP contribution in [-0.4, -0.2) is 39.0 Å². The summed E-state index contributed by atoms with van der Waals surface area (Å²) in [5.74, 6) is 0.832. The molecule has 0 amide bonds. The van der Waals surface area contributed by atoms with Gasteiger partial charge in [0, 0.05) is 5.56 Å². The minimum atomic E-state index is -0.673. The molecule has 5 heteroatoms. The molecule has 3 aromatic carbocycles. The molecule has 0 bridgehead atoms. The number of hydrogen-bond acceptors (Lipinski definition) is 5. The second-order valence-corrected chi connectivity index (χ2v) is 6.23. The fourth-order valence-corrected chi connectivity index (χ4v) is 2.75. The number of carbonyl (C=O) groups is 1. The van der Waals surface area contributed by atoms with Gasteiger partial charge in [-0.3, -0.25) is 0 Å². The van der Waals surface area contributed by atoms with Gasteiger partial charge in [0.1, 0.15) is 11.5 Å². The first-order chi connectivity index (χ1) is 14.3. The molecule has 0 spiro atoms. The Balaban J connectivity index is 0.000000343. The lowest BCUT2D eigenvalue weighted by molar-refractivity contribution is -0.161. The third-order valence-electron chi connectivity index (χ3n) is 4.24. The van der Waals surface area contributed by atoms with Crippen LogP contribution < -0.4 is 9.47 Å². The first kappa shape index (κ1) is 20.6. The number of hydrogen-bond donors (Lipinski definition) is 0. The first-order valence-electron chi connectivity index (χ1n) is 9.42. The molecule has 0 saturated carbocycles. The van der Waals surface area contributed by atoms with E-state index in [-0.39, 0.29) is 6.61 Å². The number of para-hydroxylation sites is 1. The van der Waals surface area contributed by atoms with E-state index < -0.39 is 12.1 Å². The lowest BCUT2D eigenvalue weighted by Crippen LogP contribution is -2.38. The van der Waals surface area contributed by atoms with Gasteiger partial charge in [0.2, 0.25) is 0 Å². The molecule has 1 atom stereocenters. The quantitative estimate of drug-likeness (QED) is 0.487. The van der Waals surface area contributed by atoms with Crippen LogP contribution in [0.15, 0.2) is 84.9 Å². The Hall–Kier alpha value is -3.15. The lowest BCUT2D eigenvalue weighted by atomic mass is 10.0. The molecule has 1 fully saturated rings. The molecule has 1 saturated heterocycles. The number of benzene rings is 3. The monoisotopic (exact) mass is 392 g/mol. The van der Waals surface area contributed by atoms with Gasteiger partial charge in [-0.1, -0.05) is 66.7 Å². The maximum atomic E-state index is 12.2. The largest absolute Gasteiger partial charge is 0.497 e. The highest BCUT2D eigenvalue weighted by Gasteiger charge is 2.25. The van der Waals surface area contributed by atoms with E-state index in [0.29, 0.717) is 19.0 Å². The Kier molecular flexibility index (Phi) is 7.81. The van der Waals surface area contributed by atoms with Crippen molar-refractivity contribution in [1.29, 1.82) is 0 Å². The zero-order valence-corrected chi connectivity index (χ0v) is 16.3. The van der Waals surface area contributed by atoms with Crippen LogP contribution in [0.5, 0.6) is 11.5 Å². The predicted molar refractivity (Wildman–Crippen MR) is 111 cm³/mol. The second-order valence-electron chi connectivity index (χ2n) is 6.23. The van der Waals surface area contributed by atoms with Gasteiger partial charge in [0.05, 0.1) is 26.9 Å². The smallest absolute Gasteiger partial charge is 0.343 e. The molecule has 0 aromatic heterocycles. The molecule has 29 heavy (non-hydrogen) atoms. The van der Waals surface area contributed by atoms with E-state index in [0.717, 1.165) is 16.9 Å². The van der Waals surface area contributed by atoms with Crippen LogP contribution in [-0.2, 0) is 14.3 Å². The summed E-state index contributed by atoms with van der Waals surface area (Å²) in [5.41, 5.74) is 1.77. The van der Waals surface area contributed by atoms with Crippen LogP contribution in [0.2, 0.25) is 0 Å². The molecular weight excluding hydrogens is 368 g/mol. The van der Waals surface area contributed by atoms with Gasteiger partial charge in [0.25, 0.3) is 0 Å². The SMILES string of the molecule is COc1ccc(-c2ccccc2OC(=O)C2COCCO2)cc1.c1ccccc1. The molecule has 0 aliphatic carbocycles. The van der Waals surface area contributed by atoms with Crippen molar-refractivity contribution in [2.45, 2.75) is 6.10 Å². The zero-order chi connectivity index (χ0) is 20.3. The number of carbonyl (C=O) groups excluding carboxylic acids is 1. The van der Waals surface area contributed by atoms with Crippen LogP contribution in [0.1, 0.15) is 0 Å². The van der Waals surface area contributed by atoms with Crippen molar-refractivity contribution in [3.8, 4) is 22.6 Å². The molecule has 1 aliphatic rings. The van der Waals surface area contributed by atoms with Crippen molar-refractivity contribution in [3.05, 3.63) is 84.9 Å². The van der Waals surface area contributed by atoms with Gasteiger partial charge in [-0.25, -0.2) is 4.79 Å². The van der Waals surface area contributed by atoms with Crippen molar-refractivity contribution in [2.24, 2.45) is 0 Å². The standard InChI is InChI=1S/C18H18O5.C6H6/c1-20-14-8-6-13(7-9-14)15-4-2-3-5-16(15)23-18(19)17-12-21-10-11-22-17;1-2-4-6-5-3-1/h2-9,17H,10-12H2,1H3;1-6H. The van der Waals surface area contributed by atoms with Crippen LogP contribution >= 0.6 is 0 Å². The fraction of sp³-hybridized carbons (Fsp3) is 0.208. The van der Waals surface area contributed by atoms with E-state index in [1.807, 2.05) is 78.9 Å². The minimum Gasteiger partial charge on any atom is -0.497 e. The van der Waals surface area contributed by atoms with Crippen molar-refractivity contribution < 1.29 is 23.7 Å². The first-order valence-corrected chi connectivity index (χ1v) is 9.42.